The molecule has 1 amide bonds. The molecule has 0 saturated carbocycles. The third kappa shape index (κ3) is 4.42. The van der Waals surface area contributed by atoms with Crippen molar-refractivity contribution in [2.24, 2.45) is 5.92 Å². The molecule has 1 aromatic carbocycles. The largest absolute Gasteiger partial charge is 0.353 e. The van der Waals surface area contributed by atoms with E-state index in [2.05, 4.69) is 5.32 Å². The average molecular weight is 367 g/mol. The summed E-state index contributed by atoms with van der Waals surface area (Å²) in [4.78, 5) is 12.7. The van der Waals surface area contributed by atoms with E-state index < -0.39 is 10.0 Å². The van der Waals surface area contributed by atoms with Gasteiger partial charge in [0, 0.05) is 25.0 Å². The van der Waals surface area contributed by atoms with Gasteiger partial charge >= 0.3 is 0 Å². The summed E-state index contributed by atoms with van der Waals surface area (Å²) in [5, 5.41) is 3.00. The topological polar surface area (TPSA) is 66.5 Å². The van der Waals surface area contributed by atoms with Gasteiger partial charge in [-0.3, -0.25) is 4.79 Å². The van der Waals surface area contributed by atoms with Crippen molar-refractivity contribution < 1.29 is 13.2 Å². The van der Waals surface area contributed by atoms with Crippen molar-refractivity contribution in [1.29, 1.82) is 0 Å². The Labute approximate surface area is 151 Å². The number of carbonyl (C=O) groups excluding carboxylic acids is 1. The zero-order chi connectivity index (χ0) is 18.8. The normalized spacial score (nSPS) is 18.1. The van der Waals surface area contributed by atoms with Gasteiger partial charge in [-0.15, -0.1) is 0 Å². The number of rotatable bonds is 5. The third-order valence-corrected chi connectivity index (χ3v) is 7.23. The van der Waals surface area contributed by atoms with Crippen LogP contribution in [-0.4, -0.2) is 37.8 Å². The van der Waals surface area contributed by atoms with Gasteiger partial charge in [0.15, 0.2) is 0 Å². The van der Waals surface area contributed by atoms with E-state index in [0.717, 1.165) is 23.1 Å². The number of nitrogens with zero attached hydrogens (tertiary/aromatic N) is 1. The van der Waals surface area contributed by atoms with Crippen LogP contribution in [0.15, 0.2) is 17.0 Å². The smallest absolute Gasteiger partial charge is 0.243 e. The maximum atomic E-state index is 13.1. The number of nitrogens with one attached hydrogen (secondary N) is 1. The first-order valence-corrected chi connectivity index (χ1v) is 10.5. The van der Waals surface area contributed by atoms with E-state index in [0.29, 0.717) is 30.8 Å². The lowest BCUT2D eigenvalue weighted by molar-refractivity contribution is -0.126. The van der Waals surface area contributed by atoms with Gasteiger partial charge in [0.1, 0.15) is 0 Å². The first-order chi connectivity index (χ1) is 11.7. The Morgan fingerprint density at radius 3 is 2.20 bits per heavy atom. The van der Waals surface area contributed by atoms with E-state index in [9.17, 15) is 13.2 Å². The maximum Gasteiger partial charge on any atom is 0.243 e. The van der Waals surface area contributed by atoms with Gasteiger partial charge in [-0.2, -0.15) is 4.31 Å². The molecule has 6 heteroatoms. The minimum Gasteiger partial charge on any atom is -0.353 e. The number of carbonyl (C=O) groups is 1. The number of aryl methyl sites for hydroxylation is 3. The van der Waals surface area contributed by atoms with Gasteiger partial charge in [-0.05, 0) is 58.1 Å². The summed E-state index contributed by atoms with van der Waals surface area (Å²) in [7, 11) is -3.52. The molecule has 1 saturated heterocycles. The van der Waals surface area contributed by atoms with Crippen LogP contribution in [0.1, 0.15) is 49.8 Å². The summed E-state index contributed by atoms with van der Waals surface area (Å²) in [5.41, 5.74) is 2.64. The van der Waals surface area contributed by atoms with Gasteiger partial charge in [0.2, 0.25) is 15.9 Å². The van der Waals surface area contributed by atoms with Crippen LogP contribution in [0.2, 0.25) is 0 Å². The molecule has 1 atom stereocenters. The molecule has 1 aliphatic rings. The number of piperidine rings is 1. The fourth-order valence-electron chi connectivity index (χ4n) is 3.52. The molecule has 0 spiro atoms. The molecule has 140 valence electrons. The molecule has 1 fully saturated rings. The Morgan fingerprint density at radius 1 is 1.20 bits per heavy atom. The Kier molecular flexibility index (Phi) is 6.27. The van der Waals surface area contributed by atoms with Gasteiger partial charge in [-0.25, -0.2) is 8.42 Å². The van der Waals surface area contributed by atoms with Crippen molar-refractivity contribution >= 4 is 15.9 Å². The summed E-state index contributed by atoms with van der Waals surface area (Å²) in [6.45, 7) is 10.5. The molecule has 0 aromatic heterocycles. The number of sulfonamides is 1. The van der Waals surface area contributed by atoms with Crippen LogP contribution < -0.4 is 5.32 Å². The summed E-state index contributed by atoms with van der Waals surface area (Å²) in [6.07, 6.45) is 2.04. The average Bonchev–Trinajstić information content (AvgIpc) is 2.53. The standard InChI is InChI=1S/C19H30N2O3S/c1-6-16(5)20-19(22)17-7-9-21(10-8-17)25(23,24)18-14(3)11-13(2)12-15(18)4/h11-12,16-17H,6-10H2,1-5H3,(H,20,22)/t16-/m1/s1. The molecule has 5 nitrogen and oxygen atoms in total. The molecule has 1 N–H and O–H groups in total. The van der Waals surface area contributed by atoms with Gasteiger partial charge in [0.05, 0.1) is 4.90 Å². The van der Waals surface area contributed by atoms with E-state index in [1.807, 2.05) is 46.8 Å². The molecule has 0 unspecified atom stereocenters. The minimum absolute atomic E-state index is 0.0501. The molecule has 2 rings (SSSR count). The van der Waals surface area contributed by atoms with Gasteiger partial charge in [0.25, 0.3) is 0 Å². The maximum absolute atomic E-state index is 13.1. The summed E-state index contributed by atoms with van der Waals surface area (Å²) in [5.74, 6) is -0.0465. The Balaban J connectivity index is 2.11. The van der Waals surface area contributed by atoms with Crippen molar-refractivity contribution in [3.05, 3.63) is 28.8 Å². The van der Waals surface area contributed by atoms with Gasteiger partial charge in [-0.1, -0.05) is 24.6 Å². The van der Waals surface area contributed by atoms with Crippen LogP contribution in [-0.2, 0) is 14.8 Å². The van der Waals surface area contributed by atoms with Gasteiger partial charge < -0.3 is 5.32 Å². The van der Waals surface area contributed by atoms with Crippen molar-refractivity contribution in [3.63, 3.8) is 0 Å². The SMILES string of the molecule is CC[C@@H](C)NC(=O)C1CCN(S(=O)(=O)c2c(C)cc(C)cc2C)CC1. The predicted octanol–water partition coefficient (Wildman–Crippen LogP) is 2.93. The summed E-state index contributed by atoms with van der Waals surface area (Å²) >= 11 is 0. The molecule has 1 heterocycles. The quantitative estimate of drug-likeness (QED) is 0.871. The highest BCUT2D eigenvalue weighted by Crippen LogP contribution is 2.28. The van der Waals surface area contributed by atoms with Crippen molar-refractivity contribution in [2.45, 2.75) is 64.8 Å². The molecular weight excluding hydrogens is 336 g/mol. The first kappa shape index (κ1) is 19.9. The molecule has 0 radical (unpaired) electrons. The van der Waals surface area contributed by atoms with E-state index in [1.165, 1.54) is 4.31 Å². The molecule has 25 heavy (non-hydrogen) atoms. The van der Waals surface area contributed by atoms with E-state index in [1.54, 1.807) is 0 Å². The molecule has 1 aliphatic heterocycles. The van der Waals surface area contributed by atoms with Crippen LogP contribution in [0.25, 0.3) is 0 Å². The second-order valence-electron chi connectivity index (χ2n) is 7.22. The lowest BCUT2D eigenvalue weighted by atomic mass is 9.97. The van der Waals surface area contributed by atoms with Crippen LogP contribution in [0.4, 0.5) is 0 Å². The molecule has 0 bridgehead atoms. The molecule has 0 aliphatic carbocycles. The summed E-state index contributed by atoms with van der Waals surface area (Å²) in [6, 6.07) is 3.98. The zero-order valence-electron chi connectivity index (χ0n) is 15.9. The van der Waals surface area contributed by atoms with Crippen LogP contribution >= 0.6 is 0 Å². The van der Waals surface area contributed by atoms with Crippen molar-refractivity contribution in [1.82, 2.24) is 9.62 Å². The fraction of sp³-hybridized carbons (Fsp3) is 0.632. The van der Waals surface area contributed by atoms with Crippen molar-refractivity contribution in [3.8, 4) is 0 Å². The van der Waals surface area contributed by atoms with E-state index in [-0.39, 0.29) is 17.9 Å². The zero-order valence-corrected chi connectivity index (χ0v) is 16.7. The second-order valence-corrected chi connectivity index (χ2v) is 9.10. The lowest BCUT2D eigenvalue weighted by Gasteiger charge is -2.32. The van der Waals surface area contributed by atoms with Crippen molar-refractivity contribution in [2.75, 3.05) is 13.1 Å². The highest BCUT2D eigenvalue weighted by molar-refractivity contribution is 7.89. The molecular formula is C19H30N2O3S. The van der Waals surface area contributed by atoms with Crippen LogP contribution in [0.5, 0.6) is 0 Å². The van der Waals surface area contributed by atoms with E-state index >= 15 is 0 Å². The highest BCUT2D eigenvalue weighted by Gasteiger charge is 2.33. The summed E-state index contributed by atoms with van der Waals surface area (Å²) < 4.78 is 27.7. The second kappa shape index (κ2) is 7.87. The minimum atomic E-state index is -3.52. The number of hydrogen-bond acceptors (Lipinski definition) is 3. The number of hydrogen-bond donors (Lipinski definition) is 1. The third-order valence-electron chi connectivity index (χ3n) is 5.03. The van der Waals surface area contributed by atoms with Crippen LogP contribution in [0, 0.1) is 26.7 Å². The highest BCUT2D eigenvalue weighted by atomic mass is 32.2. The van der Waals surface area contributed by atoms with E-state index in [4.69, 9.17) is 0 Å². The Hall–Kier alpha value is -1.40. The lowest BCUT2D eigenvalue weighted by Crippen LogP contribution is -2.44. The monoisotopic (exact) mass is 366 g/mol. The predicted molar refractivity (Wildman–Crippen MR) is 100 cm³/mol. The Bertz CT molecular complexity index is 712. The Morgan fingerprint density at radius 2 is 1.72 bits per heavy atom. The van der Waals surface area contributed by atoms with Crippen LogP contribution in [0.3, 0.4) is 0 Å². The first-order valence-electron chi connectivity index (χ1n) is 9.05. The number of benzene rings is 1. The number of amides is 1. The fourth-order valence-corrected chi connectivity index (χ4v) is 5.41. The molecule has 1 aromatic rings.